The molecule has 2 amide bonds. The summed E-state index contributed by atoms with van der Waals surface area (Å²) in [5, 5.41) is 1.30. The van der Waals surface area contributed by atoms with Crippen LogP contribution in [0.1, 0.15) is 48.0 Å². The number of rotatable bonds is 5. The third-order valence-corrected chi connectivity index (χ3v) is 6.40. The third-order valence-electron chi connectivity index (χ3n) is 6.17. The van der Waals surface area contributed by atoms with Crippen LogP contribution in [0.2, 0.25) is 5.02 Å². The van der Waals surface area contributed by atoms with Crippen LogP contribution in [-0.4, -0.2) is 74.2 Å². The molecule has 4 rings (SSSR count). The third kappa shape index (κ3) is 5.64. The highest BCUT2D eigenvalue weighted by Crippen LogP contribution is 2.37. The van der Waals surface area contributed by atoms with Gasteiger partial charge in [-0.1, -0.05) is 18.5 Å². The fraction of sp³-hybridized carbons (Fsp3) is 0.500. The monoisotopic (exact) mass is 527 g/mol. The minimum Gasteiger partial charge on any atom is -0.444 e. The minimum absolute atomic E-state index is 0.0446. The Kier molecular flexibility index (Phi) is 7.59. The second kappa shape index (κ2) is 10.5. The van der Waals surface area contributed by atoms with Crippen molar-refractivity contribution >= 4 is 46.1 Å². The van der Waals surface area contributed by atoms with E-state index in [2.05, 4.69) is 26.8 Å². The van der Waals surface area contributed by atoms with Crippen molar-refractivity contribution in [2.24, 2.45) is 0 Å². The molecule has 1 fully saturated rings. The Hall–Kier alpha value is -3.40. The Balaban J connectivity index is 1.80. The van der Waals surface area contributed by atoms with Gasteiger partial charge in [0.25, 0.3) is 0 Å². The number of halogens is 1. The van der Waals surface area contributed by atoms with E-state index in [1.807, 2.05) is 38.5 Å². The average molecular weight is 528 g/mol. The minimum atomic E-state index is -0.558. The molecular formula is C26H34ClN7O3. The van der Waals surface area contributed by atoms with Crippen molar-refractivity contribution in [2.45, 2.75) is 59.6 Å². The van der Waals surface area contributed by atoms with Crippen LogP contribution in [-0.2, 0) is 9.53 Å². The predicted octanol–water partition coefficient (Wildman–Crippen LogP) is 4.68. The quantitative estimate of drug-likeness (QED) is 0.475. The molecule has 0 aromatic carbocycles. The summed E-state index contributed by atoms with van der Waals surface area (Å²) in [5.41, 5.74) is 0.778. The average Bonchev–Trinajstić information content (AvgIpc) is 3.21. The molecule has 1 aliphatic rings. The Labute approximate surface area is 222 Å². The van der Waals surface area contributed by atoms with Crippen LogP contribution in [0.15, 0.2) is 30.9 Å². The lowest BCUT2D eigenvalue weighted by molar-refractivity contribution is -0.116. The number of ether oxygens (including phenoxy) is 1. The summed E-state index contributed by atoms with van der Waals surface area (Å²) >= 11 is 6.27. The van der Waals surface area contributed by atoms with Gasteiger partial charge in [0.05, 0.1) is 11.1 Å². The highest BCUT2D eigenvalue weighted by atomic mass is 35.5. The van der Waals surface area contributed by atoms with Gasteiger partial charge in [0, 0.05) is 62.6 Å². The number of fused-ring (bicyclic) bond motifs is 1. The van der Waals surface area contributed by atoms with Crippen LogP contribution in [0.4, 0.5) is 16.3 Å². The summed E-state index contributed by atoms with van der Waals surface area (Å²) in [6, 6.07) is 3.42. The van der Waals surface area contributed by atoms with Crippen molar-refractivity contribution in [1.82, 2.24) is 24.4 Å². The molecule has 1 aliphatic heterocycles. The maximum atomic E-state index is 12.7. The molecule has 11 heteroatoms. The van der Waals surface area contributed by atoms with Crippen LogP contribution in [0.3, 0.4) is 0 Å². The predicted molar refractivity (Wildman–Crippen MR) is 145 cm³/mol. The van der Waals surface area contributed by atoms with Gasteiger partial charge in [0.15, 0.2) is 5.65 Å². The zero-order valence-corrected chi connectivity index (χ0v) is 23.0. The summed E-state index contributed by atoms with van der Waals surface area (Å²) in [4.78, 5) is 44.8. The molecule has 1 saturated heterocycles. The van der Waals surface area contributed by atoms with Gasteiger partial charge in [0.2, 0.25) is 5.91 Å². The molecule has 4 heterocycles. The van der Waals surface area contributed by atoms with Crippen molar-refractivity contribution in [3.8, 4) is 5.82 Å². The number of hydrogen-bond acceptors (Lipinski definition) is 7. The number of piperazine rings is 1. The number of aromatic nitrogens is 4. The topological polar surface area (TPSA) is 96.7 Å². The van der Waals surface area contributed by atoms with Crippen LogP contribution < -0.4 is 9.80 Å². The van der Waals surface area contributed by atoms with Gasteiger partial charge in [-0.3, -0.25) is 9.36 Å². The van der Waals surface area contributed by atoms with Gasteiger partial charge in [-0.15, -0.1) is 0 Å². The fourth-order valence-electron chi connectivity index (χ4n) is 4.59. The van der Waals surface area contributed by atoms with E-state index in [1.165, 1.54) is 6.33 Å². The molecule has 0 radical (unpaired) electrons. The zero-order valence-electron chi connectivity index (χ0n) is 22.2. The fourth-order valence-corrected chi connectivity index (χ4v) is 4.74. The van der Waals surface area contributed by atoms with Gasteiger partial charge in [0.1, 0.15) is 23.6 Å². The molecular weight excluding hydrogens is 494 g/mol. The number of carbonyl (C=O) groups is 2. The molecule has 0 N–H and O–H groups in total. The summed E-state index contributed by atoms with van der Waals surface area (Å²) in [6.45, 7) is 13.3. The maximum absolute atomic E-state index is 12.7. The molecule has 0 saturated carbocycles. The van der Waals surface area contributed by atoms with Gasteiger partial charge < -0.3 is 19.4 Å². The molecule has 10 nitrogen and oxygen atoms in total. The van der Waals surface area contributed by atoms with E-state index in [9.17, 15) is 9.59 Å². The van der Waals surface area contributed by atoms with Crippen LogP contribution in [0.5, 0.6) is 0 Å². The van der Waals surface area contributed by atoms with Crippen molar-refractivity contribution < 1.29 is 14.3 Å². The molecule has 0 aliphatic carbocycles. The second-order valence-corrected chi connectivity index (χ2v) is 10.7. The van der Waals surface area contributed by atoms with Crippen LogP contribution in [0.25, 0.3) is 16.9 Å². The van der Waals surface area contributed by atoms with Crippen molar-refractivity contribution in [1.29, 1.82) is 0 Å². The number of pyridine rings is 1. The van der Waals surface area contributed by atoms with Crippen molar-refractivity contribution in [2.75, 3.05) is 36.0 Å². The number of anilines is 2. The van der Waals surface area contributed by atoms with E-state index in [4.69, 9.17) is 16.3 Å². The zero-order chi connectivity index (χ0) is 26.9. The molecule has 198 valence electrons. The summed E-state index contributed by atoms with van der Waals surface area (Å²) in [7, 11) is 0. The van der Waals surface area contributed by atoms with Gasteiger partial charge >= 0.3 is 6.09 Å². The first-order chi connectivity index (χ1) is 17.5. The van der Waals surface area contributed by atoms with E-state index in [-0.39, 0.29) is 18.0 Å². The number of hydrogen-bond donors (Lipinski definition) is 0. The Morgan fingerprint density at radius 2 is 1.97 bits per heavy atom. The molecule has 1 atom stereocenters. The lowest BCUT2D eigenvalue weighted by atomic mass is 10.1. The molecule has 0 unspecified atom stereocenters. The SMILES string of the molecule is CCCN(C(C)=O)c1cn(-c2cc(Cl)ccn2)c2ncnc(N3CCN(C(=O)OC(C)(C)C)C[C@@H]3C)c12. The molecule has 3 aromatic heterocycles. The standard InChI is InChI=1S/C26H34ClN7O3/c1-7-10-33(18(3)35)20-15-34(21-13-19(27)8-9-28-21)24-22(20)23(29-16-30-24)32-12-11-31(14-17(32)2)25(36)37-26(4,5)6/h8-9,13,15-17H,7,10-12,14H2,1-6H3/t17-/m0/s1. The van der Waals surface area contributed by atoms with E-state index in [0.717, 1.165) is 11.8 Å². The Morgan fingerprint density at radius 1 is 1.22 bits per heavy atom. The van der Waals surface area contributed by atoms with E-state index in [1.54, 1.807) is 35.1 Å². The lowest BCUT2D eigenvalue weighted by Gasteiger charge is -2.41. The number of carbonyl (C=O) groups excluding carboxylic acids is 2. The molecule has 0 spiro atoms. The van der Waals surface area contributed by atoms with E-state index >= 15 is 0 Å². The Bertz CT molecular complexity index is 1300. The van der Waals surface area contributed by atoms with Crippen LogP contribution in [0, 0.1) is 0 Å². The smallest absolute Gasteiger partial charge is 0.410 e. The summed E-state index contributed by atoms with van der Waals surface area (Å²) in [6.07, 6.45) is 5.50. The number of amides is 2. The highest BCUT2D eigenvalue weighted by molar-refractivity contribution is 6.30. The first-order valence-corrected chi connectivity index (χ1v) is 12.9. The van der Waals surface area contributed by atoms with Gasteiger partial charge in [-0.05, 0) is 40.2 Å². The normalized spacial score (nSPS) is 16.2. The highest BCUT2D eigenvalue weighted by Gasteiger charge is 2.33. The second-order valence-electron chi connectivity index (χ2n) is 10.3. The van der Waals surface area contributed by atoms with Crippen molar-refractivity contribution in [3.63, 3.8) is 0 Å². The van der Waals surface area contributed by atoms with Gasteiger partial charge in [-0.2, -0.15) is 0 Å². The molecule has 0 bridgehead atoms. The molecule has 37 heavy (non-hydrogen) atoms. The van der Waals surface area contributed by atoms with E-state index in [0.29, 0.717) is 54.2 Å². The van der Waals surface area contributed by atoms with Crippen molar-refractivity contribution in [3.05, 3.63) is 35.9 Å². The first-order valence-electron chi connectivity index (χ1n) is 12.5. The summed E-state index contributed by atoms with van der Waals surface area (Å²) < 4.78 is 7.42. The first kappa shape index (κ1) is 26.7. The largest absolute Gasteiger partial charge is 0.444 e. The molecule has 3 aromatic rings. The van der Waals surface area contributed by atoms with Gasteiger partial charge in [-0.25, -0.2) is 19.7 Å². The number of nitrogens with zero attached hydrogens (tertiary/aromatic N) is 7. The maximum Gasteiger partial charge on any atom is 0.410 e. The van der Waals surface area contributed by atoms with E-state index < -0.39 is 5.60 Å². The van der Waals surface area contributed by atoms with Crippen LogP contribution >= 0.6 is 11.6 Å². The Morgan fingerprint density at radius 3 is 2.59 bits per heavy atom. The lowest BCUT2D eigenvalue weighted by Crippen LogP contribution is -2.54. The summed E-state index contributed by atoms with van der Waals surface area (Å²) in [5.74, 6) is 1.23.